The van der Waals surface area contributed by atoms with Crippen LogP contribution in [0.15, 0.2) is 12.3 Å². The number of amides is 1. The lowest BCUT2D eigenvalue weighted by molar-refractivity contribution is 0.0634. The highest BCUT2D eigenvalue weighted by atomic mass is 16.6. The minimum Gasteiger partial charge on any atom is -0.444 e. The molecule has 0 bridgehead atoms. The predicted octanol–water partition coefficient (Wildman–Crippen LogP) is 2.28. The van der Waals surface area contributed by atoms with Gasteiger partial charge in [0.15, 0.2) is 5.82 Å². The molecule has 1 aliphatic heterocycles. The summed E-state index contributed by atoms with van der Waals surface area (Å²) in [4.78, 5) is 14.2. The second-order valence-corrected chi connectivity index (χ2v) is 7.68. The lowest BCUT2D eigenvalue weighted by Crippen LogP contribution is -2.34. The molecule has 0 atom stereocenters. The molecule has 3 rings (SSSR count). The SMILES string of the molecule is Cn1ccc(N2CCC(c3nnc(NC(=O)OC(C)(C)C)n3C)CC2)n1. The van der Waals surface area contributed by atoms with Gasteiger partial charge in [0.05, 0.1) is 0 Å². The normalized spacial score (nSPS) is 16.0. The number of carbonyl (C=O) groups excluding carboxylic acids is 1. The van der Waals surface area contributed by atoms with E-state index < -0.39 is 11.7 Å². The number of rotatable bonds is 3. The number of carbonyl (C=O) groups is 1. The number of piperidine rings is 1. The van der Waals surface area contributed by atoms with E-state index in [1.807, 2.05) is 56.4 Å². The summed E-state index contributed by atoms with van der Waals surface area (Å²) >= 11 is 0. The van der Waals surface area contributed by atoms with E-state index in [9.17, 15) is 4.79 Å². The fourth-order valence-corrected chi connectivity index (χ4v) is 3.14. The monoisotopic (exact) mass is 361 g/mol. The molecule has 2 aromatic rings. The van der Waals surface area contributed by atoms with Gasteiger partial charge in [-0.2, -0.15) is 5.10 Å². The van der Waals surface area contributed by atoms with Crippen molar-refractivity contribution in [1.29, 1.82) is 0 Å². The molecule has 1 fully saturated rings. The molecule has 1 saturated heterocycles. The Hall–Kier alpha value is -2.58. The molecular weight excluding hydrogens is 334 g/mol. The molecule has 26 heavy (non-hydrogen) atoms. The molecule has 0 unspecified atom stereocenters. The molecule has 3 heterocycles. The third kappa shape index (κ3) is 4.14. The highest BCUT2D eigenvalue weighted by Crippen LogP contribution is 2.29. The Bertz CT molecular complexity index is 766. The molecule has 0 saturated carbocycles. The first kappa shape index (κ1) is 18.2. The van der Waals surface area contributed by atoms with E-state index in [1.165, 1.54) is 0 Å². The Morgan fingerprint density at radius 2 is 1.92 bits per heavy atom. The summed E-state index contributed by atoms with van der Waals surface area (Å²) in [6.45, 7) is 7.31. The second-order valence-electron chi connectivity index (χ2n) is 7.68. The van der Waals surface area contributed by atoms with Crippen LogP contribution >= 0.6 is 0 Å². The average molecular weight is 361 g/mol. The van der Waals surface area contributed by atoms with E-state index in [1.54, 1.807) is 0 Å². The molecule has 142 valence electrons. The fourth-order valence-electron chi connectivity index (χ4n) is 3.14. The third-order valence-corrected chi connectivity index (χ3v) is 4.40. The standard InChI is InChI=1S/C17H27N7O2/c1-17(2,3)26-16(25)18-15-20-19-14(23(15)5)12-6-10-24(11-7-12)13-8-9-22(4)21-13/h8-9,12H,6-7,10-11H2,1-5H3,(H,18,20,25). The molecule has 1 N–H and O–H groups in total. The van der Waals surface area contributed by atoms with Crippen LogP contribution in [-0.4, -0.2) is 49.3 Å². The van der Waals surface area contributed by atoms with Crippen molar-refractivity contribution < 1.29 is 9.53 Å². The first-order valence-electron chi connectivity index (χ1n) is 8.87. The number of aromatic nitrogens is 5. The van der Waals surface area contributed by atoms with E-state index >= 15 is 0 Å². The van der Waals surface area contributed by atoms with Crippen LogP contribution in [-0.2, 0) is 18.8 Å². The quantitative estimate of drug-likeness (QED) is 0.902. The first-order valence-corrected chi connectivity index (χ1v) is 8.87. The van der Waals surface area contributed by atoms with Gasteiger partial charge in [-0.25, -0.2) is 4.79 Å². The molecule has 0 spiro atoms. The summed E-state index contributed by atoms with van der Waals surface area (Å²) < 4.78 is 8.93. The smallest absolute Gasteiger partial charge is 0.414 e. The Labute approximate surface area is 153 Å². The van der Waals surface area contributed by atoms with Crippen molar-refractivity contribution in [3.05, 3.63) is 18.1 Å². The predicted molar refractivity (Wildman–Crippen MR) is 98.3 cm³/mol. The van der Waals surface area contributed by atoms with Gasteiger partial charge >= 0.3 is 6.09 Å². The van der Waals surface area contributed by atoms with Crippen molar-refractivity contribution in [3.63, 3.8) is 0 Å². The van der Waals surface area contributed by atoms with Crippen molar-refractivity contribution in [2.24, 2.45) is 14.1 Å². The summed E-state index contributed by atoms with van der Waals surface area (Å²) in [6.07, 6.45) is 3.37. The third-order valence-electron chi connectivity index (χ3n) is 4.40. The van der Waals surface area contributed by atoms with Gasteiger partial charge < -0.3 is 9.64 Å². The molecule has 9 heteroatoms. The van der Waals surface area contributed by atoms with Crippen LogP contribution < -0.4 is 10.2 Å². The van der Waals surface area contributed by atoms with E-state index in [0.29, 0.717) is 11.9 Å². The van der Waals surface area contributed by atoms with Crippen LogP contribution in [0.1, 0.15) is 45.4 Å². The first-order chi connectivity index (χ1) is 12.2. The maximum absolute atomic E-state index is 11.9. The fraction of sp³-hybridized carbons (Fsp3) is 0.647. The van der Waals surface area contributed by atoms with Crippen molar-refractivity contribution in [2.45, 2.75) is 45.1 Å². The highest BCUT2D eigenvalue weighted by molar-refractivity contribution is 5.82. The van der Waals surface area contributed by atoms with E-state index in [4.69, 9.17) is 4.74 Å². The topological polar surface area (TPSA) is 90.1 Å². The Morgan fingerprint density at radius 1 is 1.23 bits per heavy atom. The number of ether oxygens (including phenoxy) is 1. The summed E-state index contributed by atoms with van der Waals surface area (Å²) in [5.74, 6) is 2.61. The van der Waals surface area contributed by atoms with E-state index in [2.05, 4.69) is 25.5 Å². The number of nitrogens with one attached hydrogen (secondary N) is 1. The second kappa shape index (κ2) is 6.97. The van der Waals surface area contributed by atoms with Gasteiger partial charge in [0.25, 0.3) is 0 Å². The van der Waals surface area contributed by atoms with Gasteiger partial charge in [0.2, 0.25) is 5.95 Å². The highest BCUT2D eigenvalue weighted by Gasteiger charge is 2.27. The van der Waals surface area contributed by atoms with Gasteiger partial charge in [0, 0.05) is 45.4 Å². The van der Waals surface area contributed by atoms with Crippen LogP contribution in [0.3, 0.4) is 0 Å². The molecular formula is C17H27N7O2. The van der Waals surface area contributed by atoms with Gasteiger partial charge in [-0.05, 0) is 33.6 Å². The van der Waals surface area contributed by atoms with Crippen LogP contribution in [0, 0.1) is 0 Å². The van der Waals surface area contributed by atoms with Crippen molar-refractivity contribution in [2.75, 3.05) is 23.3 Å². The Morgan fingerprint density at radius 3 is 2.50 bits per heavy atom. The molecule has 0 aromatic carbocycles. The molecule has 2 aromatic heterocycles. The molecule has 1 aliphatic rings. The summed E-state index contributed by atoms with van der Waals surface area (Å²) in [6, 6.07) is 2.03. The van der Waals surface area contributed by atoms with Crippen molar-refractivity contribution in [1.82, 2.24) is 24.5 Å². The Balaban J connectivity index is 1.61. The summed E-state index contributed by atoms with van der Waals surface area (Å²) in [7, 11) is 3.79. The number of hydrogen-bond acceptors (Lipinski definition) is 6. The zero-order chi connectivity index (χ0) is 18.9. The maximum Gasteiger partial charge on any atom is 0.414 e. The van der Waals surface area contributed by atoms with Crippen LogP contribution in [0.4, 0.5) is 16.6 Å². The van der Waals surface area contributed by atoms with Crippen molar-refractivity contribution in [3.8, 4) is 0 Å². The lowest BCUT2D eigenvalue weighted by atomic mass is 9.96. The van der Waals surface area contributed by atoms with Gasteiger partial charge in [-0.1, -0.05) is 0 Å². The Kier molecular flexibility index (Phi) is 4.88. The zero-order valence-electron chi connectivity index (χ0n) is 16.1. The molecule has 0 aliphatic carbocycles. The average Bonchev–Trinajstić information content (AvgIpc) is 3.13. The van der Waals surface area contributed by atoms with Crippen LogP contribution in [0.5, 0.6) is 0 Å². The number of anilines is 2. The number of nitrogens with zero attached hydrogens (tertiary/aromatic N) is 6. The lowest BCUT2D eigenvalue weighted by Gasteiger charge is -2.31. The van der Waals surface area contributed by atoms with Crippen LogP contribution in [0.2, 0.25) is 0 Å². The van der Waals surface area contributed by atoms with Gasteiger partial charge in [-0.15, -0.1) is 10.2 Å². The van der Waals surface area contributed by atoms with Gasteiger partial charge in [-0.3, -0.25) is 14.6 Å². The van der Waals surface area contributed by atoms with Crippen molar-refractivity contribution >= 4 is 17.9 Å². The van der Waals surface area contributed by atoms with Gasteiger partial charge in [0.1, 0.15) is 11.4 Å². The number of hydrogen-bond donors (Lipinski definition) is 1. The summed E-state index contributed by atoms with van der Waals surface area (Å²) in [5, 5.41) is 15.5. The molecule has 1 amide bonds. The van der Waals surface area contributed by atoms with Crippen LogP contribution in [0.25, 0.3) is 0 Å². The molecule has 9 nitrogen and oxygen atoms in total. The van der Waals surface area contributed by atoms with E-state index in [-0.39, 0.29) is 0 Å². The minimum atomic E-state index is -0.552. The maximum atomic E-state index is 11.9. The largest absolute Gasteiger partial charge is 0.444 e. The zero-order valence-corrected chi connectivity index (χ0v) is 16.1. The minimum absolute atomic E-state index is 0.307. The summed E-state index contributed by atoms with van der Waals surface area (Å²) in [5.41, 5.74) is -0.552. The number of aryl methyl sites for hydroxylation is 1. The van der Waals surface area contributed by atoms with E-state index in [0.717, 1.165) is 37.6 Å². The molecule has 0 radical (unpaired) electrons.